The van der Waals surface area contributed by atoms with E-state index in [1.807, 2.05) is 6.92 Å². The molecule has 0 saturated carbocycles. The molecule has 0 heterocycles. The normalized spacial score (nSPS) is 13.0. The minimum atomic E-state index is -1.10. The molecule has 0 aliphatic heterocycles. The van der Waals surface area contributed by atoms with Crippen LogP contribution in [0.2, 0.25) is 0 Å². The number of hydrogen-bond donors (Lipinski definition) is 1. The molecule has 0 saturated heterocycles. The van der Waals surface area contributed by atoms with Gasteiger partial charge in [-0.25, -0.2) is 14.4 Å². The van der Waals surface area contributed by atoms with Crippen molar-refractivity contribution in [3.8, 4) is 11.5 Å². The van der Waals surface area contributed by atoms with Gasteiger partial charge in [0, 0.05) is 0 Å². The zero-order valence-corrected chi connectivity index (χ0v) is 23.3. The second kappa shape index (κ2) is 14.4. The summed E-state index contributed by atoms with van der Waals surface area (Å²) < 4.78 is 35.7. The second-order valence-electron chi connectivity index (χ2n) is 10.4. The van der Waals surface area contributed by atoms with Crippen molar-refractivity contribution >= 4 is 24.4 Å². The standard InChI is InChI=1S/C26H39NO11/c1-9-12-32-22(29)33-15-16(2)34-21(28)18(27)13-17-10-11-19(35-23(30)37-25(3,4)5)20(14-17)36-24(31)38-26(6,7)8/h10-11,14,16,18H,9,12-13,15,27H2,1-8H3/t16-,18-/m0/s1. The highest BCUT2D eigenvalue weighted by Gasteiger charge is 2.25. The molecular formula is C26H39NO11. The van der Waals surface area contributed by atoms with Crippen molar-refractivity contribution in [2.75, 3.05) is 13.2 Å². The molecule has 0 radical (unpaired) electrons. The average Bonchev–Trinajstić information content (AvgIpc) is 2.75. The second-order valence-corrected chi connectivity index (χ2v) is 10.4. The van der Waals surface area contributed by atoms with Crippen molar-refractivity contribution in [3.63, 3.8) is 0 Å². The summed E-state index contributed by atoms with van der Waals surface area (Å²) in [6, 6.07) is 3.18. The van der Waals surface area contributed by atoms with Crippen molar-refractivity contribution in [3.05, 3.63) is 23.8 Å². The van der Waals surface area contributed by atoms with E-state index in [4.69, 9.17) is 38.9 Å². The predicted molar refractivity (Wildman–Crippen MR) is 135 cm³/mol. The van der Waals surface area contributed by atoms with Crippen molar-refractivity contribution in [2.45, 2.75) is 91.6 Å². The zero-order chi connectivity index (χ0) is 29.1. The van der Waals surface area contributed by atoms with Crippen molar-refractivity contribution in [1.82, 2.24) is 0 Å². The largest absolute Gasteiger partial charge is 0.514 e. The minimum absolute atomic E-state index is 0.0116. The van der Waals surface area contributed by atoms with E-state index in [0.29, 0.717) is 12.0 Å². The third kappa shape index (κ3) is 13.7. The number of ether oxygens (including phenoxy) is 7. The van der Waals surface area contributed by atoms with Crippen LogP contribution in [-0.4, -0.2) is 61.0 Å². The summed E-state index contributed by atoms with van der Waals surface area (Å²) >= 11 is 0. The first-order valence-electron chi connectivity index (χ1n) is 12.2. The summed E-state index contributed by atoms with van der Waals surface area (Å²) in [7, 11) is 0. The van der Waals surface area contributed by atoms with Crippen LogP contribution in [0, 0.1) is 0 Å². The fourth-order valence-corrected chi connectivity index (χ4v) is 2.63. The van der Waals surface area contributed by atoms with Gasteiger partial charge in [-0.1, -0.05) is 13.0 Å². The van der Waals surface area contributed by atoms with E-state index < -0.39 is 47.8 Å². The first kappa shape index (κ1) is 32.5. The molecule has 0 aliphatic rings. The van der Waals surface area contributed by atoms with Crippen LogP contribution in [0.1, 0.15) is 67.4 Å². The maximum atomic E-state index is 12.4. The Kier molecular flexibility index (Phi) is 12.3. The molecule has 1 aromatic rings. The van der Waals surface area contributed by atoms with E-state index in [1.54, 1.807) is 41.5 Å². The van der Waals surface area contributed by atoms with Gasteiger partial charge in [-0.05, 0) is 79.0 Å². The molecule has 12 heteroatoms. The number of carbonyl (C=O) groups excluding carboxylic acids is 4. The minimum Gasteiger partial charge on any atom is -0.458 e. The monoisotopic (exact) mass is 541 g/mol. The van der Waals surface area contributed by atoms with E-state index in [2.05, 4.69) is 0 Å². The fourth-order valence-electron chi connectivity index (χ4n) is 2.63. The number of hydrogen-bond acceptors (Lipinski definition) is 12. The number of benzene rings is 1. The average molecular weight is 542 g/mol. The molecule has 38 heavy (non-hydrogen) atoms. The highest BCUT2D eigenvalue weighted by Crippen LogP contribution is 2.31. The lowest BCUT2D eigenvalue weighted by atomic mass is 10.1. The van der Waals surface area contributed by atoms with Crippen LogP contribution in [0.4, 0.5) is 14.4 Å². The summed E-state index contributed by atoms with van der Waals surface area (Å²) in [6.07, 6.45) is -3.02. The van der Waals surface area contributed by atoms with Crippen molar-refractivity contribution in [1.29, 1.82) is 0 Å². The molecule has 0 aromatic heterocycles. The quantitative estimate of drug-likeness (QED) is 0.248. The number of esters is 1. The molecule has 2 N–H and O–H groups in total. The van der Waals surface area contributed by atoms with Crippen LogP contribution in [0.5, 0.6) is 11.5 Å². The third-order valence-electron chi connectivity index (χ3n) is 4.11. The molecule has 1 rings (SSSR count). The maximum absolute atomic E-state index is 12.4. The Morgan fingerprint density at radius 1 is 0.842 bits per heavy atom. The first-order chi connectivity index (χ1) is 17.5. The first-order valence-corrected chi connectivity index (χ1v) is 12.2. The molecule has 214 valence electrons. The summed E-state index contributed by atoms with van der Waals surface area (Å²) in [5, 5.41) is 0. The van der Waals surface area contributed by atoms with E-state index >= 15 is 0 Å². The van der Waals surface area contributed by atoms with Crippen molar-refractivity contribution < 1.29 is 52.3 Å². The Balaban J connectivity index is 2.92. The van der Waals surface area contributed by atoms with Crippen molar-refractivity contribution in [2.24, 2.45) is 5.73 Å². The van der Waals surface area contributed by atoms with Crippen LogP contribution in [0.15, 0.2) is 18.2 Å². The van der Waals surface area contributed by atoms with Gasteiger partial charge in [0.15, 0.2) is 11.5 Å². The molecule has 12 nitrogen and oxygen atoms in total. The lowest BCUT2D eigenvalue weighted by Gasteiger charge is -2.21. The van der Waals surface area contributed by atoms with Gasteiger partial charge < -0.3 is 38.9 Å². The van der Waals surface area contributed by atoms with Crippen LogP contribution in [0.3, 0.4) is 0 Å². The number of rotatable bonds is 10. The Morgan fingerprint density at radius 3 is 1.92 bits per heavy atom. The van der Waals surface area contributed by atoms with Gasteiger partial charge in [0.2, 0.25) is 0 Å². The Morgan fingerprint density at radius 2 is 1.39 bits per heavy atom. The van der Waals surface area contributed by atoms with Crippen LogP contribution in [-0.2, 0) is 34.9 Å². The van der Waals surface area contributed by atoms with Crippen LogP contribution in [0.25, 0.3) is 0 Å². The topological polar surface area (TPSA) is 159 Å². The van der Waals surface area contributed by atoms with Gasteiger partial charge in [-0.3, -0.25) is 4.79 Å². The highest BCUT2D eigenvalue weighted by atomic mass is 16.8. The Bertz CT molecular complexity index is 963. The fraction of sp³-hybridized carbons (Fsp3) is 0.615. The van der Waals surface area contributed by atoms with E-state index in [9.17, 15) is 19.2 Å². The van der Waals surface area contributed by atoms with Gasteiger partial charge in [0.25, 0.3) is 0 Å². The summed E-state index contributed by atoms with van der Waals surface area (Å²) in [4.78, 5) is 48.3. The summed E-state index contributed by atoms with van der Waals surface area (Å²) in [6.45, 7) is 13.4. The van der Waals surface area contributed by atoms with Crippen LogP contribution >= 0.6 is 0 Å². The third-order valence-corrected chi connectivity index (χ3v) is 4.11. The lowest BCUT2D eigenvalue weighted by Crippen LogP contribution is -2.37. The summed E-state index contributed by atoms with van der Waals surface area (Å²) in [5.41, 5.74) is 4.82. The number of nitrogens with two attached hydrogens (primary N) is 1. The van der Waals surface area contributed by atoms with E-state index in [1.165, 1.54) is 25.1 Å². The zero-order valence-electron chi connectivity index (χ0n) is 23.3. The van der Waals surface area contributed by atoms with E-state index in [-0.39, 0.29) is 31.1 Å². The SMILES string of the molecule is CCCOC(=O)OC[C@H](C)OC(=O)[C@@H](N)Cc1ccc(OC(=O)OC(C)(C)C)c(OC(=O)OC(C)(C)C)c1. The van der Waals surface area contributed by atoms with Gasteiger partial charge in [0.05, 0.1) is 6.61 Å². The molecular weight excluding hydrogens is 502 g/mol. The van der Waals surface area contributed by atoms with E-state index in [0.717, 1.165) is 0 Å². The summed E-state index contributed by atoms with van der Waals surface area (Å²) in [5.74, 6) is -0.993. The predicted octanol–water partition coefficient (Wildman–Crippen LogP) is 4.68. The van der Waals surface area contributed by atoms with Crippen LogP contribution < -0.4 is 15.2 Å². The van der Waals surface area contributed by atoms with Gasteiger partial charge in [-0.2, -0.15) is 0 Å². The molecule has 0 unspecified atom stereocenters. The Hall–Kier alpha value is -3.54. The maximum Gasteiger partial charge on any atom is 0.514 e. The molecule has 0 amide bonds. The smallest absolute Gasteiger partial charge is 0.458 e. The molecule has 0 aliphatic carbocycles. The molecule has 0 spiro atoms. The number of carbonyl (C=O) groups is 4. The molecule has 1 aromatic carbocycles. The highest BCUT2D eigenvalue weighted by molar-refractivity contribution is 5.76. The van der Waals surface area contributed by atoms with Gasteiger partial charge in [0.1, 0.15) is 30.0 Å². The van der Waals surface area contributed by atoms with Gasteiger partial charge in [-0.15, -0.1) is 0 Å². The molecule has 2 atom stereocenters. The lowest BCUT2D eigenvalue weighted by molar-refractivity contribution is -0.152. The van der Waals surface area contributed by atoms with Gasteiger partial charge >= 0.3 is 24.4 Å². The molecule has 0 fully saturated rings. The molecule has 0 bridgehead atoms. The Labute approximate surface area is 223 Å².